The Labute approximate surface area is 128 Å². The maximum Gasteiger partial charge on any atom is 0.126 e. The van der Waals surface area contributed by atoms with E-state index < -0.39 is 0 Å². The summed E-state index contributed by atoms with van der Waals surface area (Å²) in [4.78, 5) is 4.59. The molecule has 0 saturated heterocycles. The Bertz CT molecular complexity index is 586. The third kappa shape index (κ3) is 3.31. The van der Waals surface area contributed by atoms with Crippen LogP contribution in [0.3, 0.4) is 0 Å². The summed E-state index contributed by atoms with van der Waals surface area (Å²) in [7, 11) is 3.32. The van der Waals surface area contributed by atoms with E-state index in [1.54, 1.807) is 14.2 Å². The largest absolute Gasteiger partial charge is 0.497 e. The van der Waals surface area contributed by atoms with E-state index in [2.05, 4.69) is 33.9 Å². The van der Waals surface area contributed by atoms with Gasteiger partial charge in [-0.2, -0.15) is 0 Å². The molecule has 0 bridgehead atoms. The first-order valence-corrected chi connectivity index (χ1v) is 7.33. The molecule has 0 spiro atoms. The molecule has 0 N–H and O–H groups in total. The SMILES string of the molecule is COc1ccc(C(Br)Cc2ncccc2C)c(OC)c1. The van der Waals surface area contributed by atoms with Crippen LogP contribution in [0.4, 0.5) is 0 Å². The van der Waals surface area contributed by atoms with Crippen LogP contribution in [0.25, 0.3) is 0 Å². The van der Waals surface area contributed by atoms with Crippen molar-refractivity contribution in [1.29, 1.82) is 0 Å². The molecule has 0 radical (unpaired) electrons. The Morgan fingerprint density at radius 2 is 2.00 bits per heavy atom. The lowest BCUT2D eigenvalue weighted by Gasteiger charge is -2.16. The van der Waals surface area contributed by atoms with E-state index in [9.17, 15) is 0 Å². The predicted molar refractivity (Wildman–Crippen MR) is 83.9 cm³/mol. The van der Waals surface area contributed by atoms with E-state index in [1.807, 2.05) is 30.5 Å². The van der Waals surface area contributed by atoms with Gasteiger partial charge in [-0.25, -0.2) is 0 Å². The van der Waals surface area contributed by atoms with E-state index in [-0.39, 0.29) is 4.83 Å². The summed E-state index contributed by atoms with van der Waals surface area (Å²) in [5, 5.41) is 0. The molecule has 2 aromatic rings. The molecule has 20 heavy (non-hydrogen) atoms. The van der Waals surface area contributed by atoms with Gasteiger partial charge in [-0.05, 0) is 24.6 Å². The number of pyridine rings is 1. The molecule has 1 aromatic heterocycles. The fourth-order valence-corrected chi connectivity index (χ4v) is 2.77. The van der Waals surface area contributed by atoms with E-state index in [4.69, 9.17) is 9.47 Å². The van der Waals surface area contributed by atoms with Gasteiger partial charge < -0.3 is 9.47 Å². The van der Waals surface area contributed by atoms with Gasteiger partial charge in [0.2, 0.25) is 0 Å². The van der Waals surface area contributed by atoms with E-state index in [0.717, 1.165) is 29.2 Å². The summed E-state index contributed by atoms with van der Waals surface area (Å²) in [5.74, 6) is 1.61. The monoisotopic (exact) mass is 335 g/mol. The minimum Gasteiger partial charge on any atom is -0.497 e. The zero-order valence-electron chi connectivity index (χ0n) is 11.9. The van der Waals surface area contributed by atoms with Gasteiger partial charge >= 0.3 is 0 Å². The smallest absolute Gasteiger partial charge is 0.126 e. The summed E-state index contributed by atoms with van der Waals surface area (Å²) < 4.78 is 10.7. The highest BCUT2D eigenvalue weighted by atomic mass is 79.9. The summed E-state index contributed by atoms with van der Waals surface area (Å²) in [6.45, 7) is 2.08. The van der Waals surface area contributed by atoms with Crippen molar-refractivity contribution >= 4 is 15.9 Å². The zero-order chi connectivity index (χ0) is 14.5. The molecule has 0 aliphatic heterocycles. The molecule has 3 nitrogen and oxygen atoms in total. The molecule has 0 aliphatic carbocycles. The maximum absolute atomic E-state index is 5.45. The first kappa shape index (κ1) is 14.9. The van der Waals surface area contributed by atoms with Gasteiger partial charge in [0, 0.05) is 34.8 Å². The number of hydrogen-bond acceptors (Lipinski definition) is 3. The van der Waals surface area contributed by atoms with Gasteiger partial charge in [-0.15, -0.1) is 0 Å². The summed E-state index contributed by atoms with van der Waals surface area (Å²) in [6.07, 6.45) is 2.64. The Morgan fingerprint density at radius 3 is 2.65 bits per heavy atom. The summed E-state index contributed by atoms with van der Waals surface area (Å²) >= 11 is 3.73. The molecular weight excluding hydrogens is 318 g/mol. The highest BCUT2D eigenvalue weighted by Gasteiger charge is 2.16. The Balaban J connectivity index is 2.25. The Kier molecular flexibility index (Phi) is 5.01. The van der Waals surface area contributed by atoms with Crippen LogP contribution in [0.5, 0.6) is 11.5 Å². The van der Waals surface area contributed by atoms with Crippen molar-refractivity contribution < 1.29 is 9.47 Å². The van der Waals surface area contributed by atoms with E-state index in [0.29, 0.717) is 0 Å². The zero-order valence-corrected chi connectivity index (χ0v) is 13.5. The molecular formula is C16H18BrNO2. The Hall–Kier alpha value is -1.55. The summed E-state index contributed by atoms with van der Waals surface area (Å²) in [6, 6.07) is 9.89. The van der Waals surface area contributed by atoms with Crippen LogP contribution in [-0.4, -0.2) is 19.2 Å². The fourth-order valence-electron chi connectivity index (χ4n) is 2.09. The van der Waals surface area contributed by atoms with Crippen molar-refractivity contribution in [3.63, 3.8) is 0 Å². The van der Waals surface area contributed by atoms with Crippen LogP contribution in [0.2, 0.25) is 0 Å². The number of hydrogen-bond donors (Lipinski definition) is 0. The van der Waals surface area contributed by atoms with Gasteiger partial charge in [0.05, 0.1) is 14.2 Å². The lowest BCUT2D eigenvalue weighted by Crippen LogP contribution is -2.02. The van der Waals surface area contributed by atoms with Crippen LogP contribution in [-0.2, 0) is 6.42 Å². The van der Waals surface area contributed by atoms with Gasteiger partial charge in [-0.3, -0.25) is 4.98 Å². The molecule has 106 valence electrons. The number of ether oxygens (including phenoxy) is 2. The van der Waals surface area contributed by atoms with Crippen LogP contribution < -0.4 is 9.47 Å². The van der Waals surface area contributed by atoms with Crippen molar-refractivity contribution in [2.45, 2.75) is 18.2 Å². The highest BCUT2D eigenvalue weighted by molar-refractivity contribution is 9.09. The second kappa shape index (κ2) is 6.75. The molecule has 4 heteroatoms. The molecule has 0 amide bonds. The fraction of sp³-hybridized carbons (Fsp3) is 0.312. The van der Waals surface area contributed by atoms with Crippen LogP contribution in [0.1, 0.15) is 21.6 Å². The highest BCUT2D eigenvalue weighted by Crippen LogP contribution is 2.36. The van der Waals surface area contributed by atoms with Crippen LogP contribution >= 0.6 is 15.9 Å². The van der Waals surface area contributed by atoms with Gasteiger partial charge in [0.25, 0.3) is 0 Å². The van der Waals surface area contributed by atoms with Gasteiger partial charge in [0.15, 0.2) is 0 Å². The molecule has 0 fully saturated rings. The lowest BCUT2D eigenvalue weighted by molar-refractivity contribution is 0.391. The maximum atomic E-state index is 5.45. The number of rotatable bonds is 5. The molecule has 0 aliphatic rings. The van der Waals surface area contributed by atoms with Crippen molar-refractivity contribution in [2.75, 3.05) is 14.2 Å². The van der Waals surface area contributed by atoms with Gasteiger partial charge in [-0.1, -0.05) is 28.1 Å². The third-order valence-electron chi connectivity index (χ3n) is 3.27. The van der Waals surface area contributed by atoms with Crippen LogP contribution in [0.15, 0.2) is 36.5 Å². The minimum absolute atomic E-state index is 0.150. The molecule has 1 aromatic carbocycles. The number of benzene rings is 1. The second-order valence-electron chi connectivity index (χ2n) is 4.55. The summed E-state index contributed by atoms with van der Waals surface area (Å²) in [5.41, 5.74) is 3.38. The number of alkyl halides is 1. The normalized spacial score (nSPS) is 12.0. The second-order valence-corrected chi connectivity index (χ2v) is 5.65. The molecule has 0 saturated carbocycles. The van der Waals surface area contributed by atoms with Crippen LogP contribution in [0, 0.1) is 6.92 Å². The molecule has 1 heterocycles. The lowest BCUT2D eigenvalue weighted by atomic mass is 10.0. The number of nitrogens with zero attached hydrogens (tertiary/aromatic N) is 1. The minimum atomic E-state index is 0.150. The van der Waals surface area contributed by atoms with Crippen molar-refractivity contribution in [3.05, 3.63) is 53.3 Å². The molecule has 1 unspecified atom stereocenters. The quantitative estimate of drug-likeness (QED) is 0.771. The molecule has 1 atom stereocenters. The van der Waals surface area contributed by atoms with Gasteiger partial charge in [0.1, 0.15) is 11.5 Å². The van der Waals surface area contributed by atoms with Crippen molar-refractivity contribution in [2.24, 2.45) is 0 Å². The number of halogens is 1. The topological polar surface area (TPSA) is 31.4 Å². The third-order valence-corrected chi connectivity index (χ3v) is 4.09. The molecule has 2 rings (SSSR count). The average Bonchev–Trinajstić information content (AvgIpc) is 2.48. The standard InChI is InChI=1S/C16H18BrNO2/c1-11-5-4-8-18-15(11)10-14(17)13-7-6-12(19-2)9-16(13)20-3/h4-9,14H,10H2,1-3H3. The first-order chi connectivity index (χ1) is 9.65. The van der Waals surface area contributed by atoms with Crippen molar-refractivity contribution in [1.82, 2.24) is 4.98 Å². The number of methoxy groups -OCH3 is 2. The Morgan fingerprint density at radius 1 is 1.20 bits per heavy atom. The number of aryl methyl sites for hydroxylation is 1. The van der Waals surface area contributed by atoms with Crippen molar-refractivity contribution in [3.8, 4) is 11.5 Å². The van der Waals surface area contributed by atoms with E-state index >= 15 is 0 Å². The van der Waals surface area contributed by atoms with E-state index in [1.165, 1.54) is 5.56 Å². The average molecular weight is 336 g/mol. The first-order valence-electron chi connectivity index (χ1n) is 6.42. The predicted octanol–water partition coefficient (Wildman–Crippen LogP) is 4.09. The number of aromatic nitrogens is 1.